The minimum absolute atomic E-state index is 0.00341. The lowest BCUT2D eigenvalue weighted by Gasteiger charge is -2.33. The van der Waals surface area contributed by atoms with Crippen LogP contribution in [-0.4, -0.2) is 34.0 Å². The largest absolute Gasteiger partial charge is 0.359 e. The first kappa shape index (κ1) is 16.1. The fourth-order valence-electron chi connectivity index (χ4n) is 2.58. The second kappa shape index (κ2) is 6.79. The van der Waals surface area contributed by atoms with Gasteiger partial charge in [0.15, 0.2) is 5.13 Å². The fraction of sp³-hybridized carbons (Fsp3) is 0.429. The number of anilines is 2. The first-order chi connectivity index (χ1) is 11.0. The third kappa shape index (κ3) is 3.78. The van der Waals surface area contributed by atoms with Crippen LogP contribution in [0.15, 0.2) is 22.1 Å². The van der Waals surface area contributed by atoms with Crippen molar-refractivity contribution in [1.29, 1.82) is 0 Å². The summed E-state index contributed by atoms with van der Waals surface area (Å²) in [5.74, 6) is 0.763. The first-order valence-corrected chi connectivity index (χ1v) is 8.94. The third-order valence-electron chi connectivity index (χ3n) is 3.76. The van der Waals surface area contributed by atoms with Gasteiger partial charge < -0.3 is 10.2 Å². The van der Waals surface area contributed by atoms with Crippen LogP contribution in [-0.2, 0) is 0 Å². The van der Waals surface area contributed by atoms with Crippen molar-refractivity contribution in [2.75, 3.05) is 23.3 Å². The Morgan fingerprint density at radius 1 is 1.48 bits per heavy atom. The van der Waals surface area contributed by atoms with Crippen molar-refractivity contribution < 1.29 is 4.92 Å². The normalized spacial score (nSPS) is 15.7. The summed E-state index contributed by atoms with van der Waals surface area (Å²) in [5.41, 5.74) is 1.03. The molecule has 0 amide bonds. The van der Waals surface area contributed by atoms with Crippen LogP contribution < -0.4 is 10.2 Å². The average molecular weight is 398 g/mol. The molecule has 9 heteroatoms. The van der Waals surface area contributed by atoms with E-state index in [4.69, 9.17) is 0 Å². The number of thiazole rings is 1. The number of nitrogens with zero attached hydrogens (tertiary/aromatic N) is 4. The van der Waals surface area contributed by atoms with Gasteiger partial charge in [-0.15, -0.1) is 11.3 Å². The van der Waals surface area contributed by atoms with E-state index in [1.165, 1.54) is 12.3 Å². The van der Waals surface area contributed by atoms with E-state index in [0.29, 0.717) is 10.5 Å². The zero-order valence-corrected chi connectivity index (χ0v) is 14.9. The van der Waals surface area contributed by atoms with E-state index in [-0.39, 0.29) is 5.69 Å². The molecule has 0 bridgehead atoms. The molecule has 2 aromatic rings. The highest BCUT2D eigenvalue weighted by Crippen LogP contribution is 2.30. The Balaban J connectivity index is 1.61. The van der Waals surface area contributed by atoms with Crippen LogP contribution in [0.3, 0.4) is 0 Å². The van der Waals surface area contributed by atoms with Gasteiger partial charge >= 0.3 is 0 Å². The minimum atomic E-state index is -0.437. The summed E-state index contributed by atoms with van der Waals surface area (Å²) < 4.78 is 0.661. The maximum Gasteiger partial charge on any atom is 0.288 e. The Morgan fingerprint density at radius 3 is 2.78 bits per heavy atom. The standard InChI is InChI=1S/C14H16BrN5O2S/c1-9-8-23-14(17-9)18-10-2-4-19(5-3-10)13-12(15)6-11(7-16-13)20(21)22/h6-8,10H,2-5H2,1H3,(H,17,18). The Morgan fingerprint density at radius 2 is 2.22 bits per heavy atom. The number of hydrogen-bond donors (Lipinski definition) is 1. The molecule has 0 saturated carbocycles. The van der Waals surface area contributed by atoms with Gasteiger partial charge in [0.2, 0.25) is 0 Å². The van der Waals surface area contributed by atoms with E-state index in [1.54, 1.807) is 11.3 Å². The van der Waals surface area contributed by atoms with Crippen LogP contribution in [0.5, 0.6) is 0 Å². The molecular weight excluding hydrogens is 382 g/mol. The maximum absolute atomic E-state index is 10.8. The van der Waals surface area contributed by atoms with E-state index in [1.807, 2.05) is 12.3 Å². The smallest absolute Gasteiger partial charge is 0.288 e. The van der Waals surface area contributed by atoms with Crippen molar-refractivity contribution >= 4 is 43.9 Å². The number of aromatic nitrogens is 2. The lowest BCUT2D eigenvalue weighted by molar-refractivity contribution is -0.385. The van der Waals surface area contributed by atoms with Gasteiger partial charge in [-0.3, -0.25) is 10.1 Å². The summed E-state index contributed by atoms with van der Waals surface area (Å²) in [6.07, 6.45) is 3.26. The highest BCUT2D eigenvalue weighted by atomic mass is 79.9. The molecule has 3 rings (SSSR count). The number of nitro groups is 1. The molecule has 1 fully saturated rings. The van der Waals surface area contributed by atoms with Crippen LogP contribution in [0.2, 0.25) is 0 Å². The Bertz CT molecular complexity index is 715. The lowest BCUT2D eigenvalue weighted by atomic mass is 10.1. The summed E-state index contributed by atoms with van der Waals surface area (Å²) in [4.78, 5) is 21.2. The van der Waals surface area contributed by atoms with E-state index < -0.39 is 4.92 Å². The number of nitrogens with one attached hydrogen (secondary N) is 1. The number of piperidine rings is 1. The van der Waals surface area contributed by atoms with E-state index >= 15 is 0 Å². The number of halogens is 1. The summed E-state index contributed by atoms with van der Waals surface area (Å²) in [6.45, 7) is 3.69. The molecule has 0 radical (unpaired) electrons. The van der Waals surface area contributed by atoms with Gasteiger partial charge in [0, 0.05) is 30.6 Å². The third-order valence-corrected chi connectivity index (χ3v) is 5.23. The van der Waals surface area contributed by atoms with Crippen LogP contribution in [0.1, 0.15) is 18.5 Å². The molecule has 0 spiro atoms. The number of hydrogen-bond acceptors (Lipinski definition) is 7. The molecule has 23 heavy (non-hydrogen) atoms. The van der Waals surface area contributed by atoms with Gasteiger partial charge in [0.25, 0.3) is 5.69 Å². The summed E-state index contributed by atoms with van der Waals surface area (Å²) in [6, 6.07) is 1.90. The van der Waals surface area contributed by atoms with Gasteiger partial charge in [-0.05, 0) is 35.7 Å². The van der Waals surface area contributed by atoms with Crippen molar-refractivity contribution in [2.45, 2.75) is 25.8 Å². The number of aryl methyl sites for hydroxylation is 1. The number of pyridine rings is 1. The minimum Gasteiger partial charge on any atom is -0.359 e. The molecule has 1 aliphatic rings. The highest BCUT2D eigenvalue weighted by Gasteiger charge is 2.23. The first-order valence-electron chi connectivity index (χ1n) is 7.26. The van der Waals surface area contributed by atoms with Crippen LogP contribution in [0, 0.1) is 17.0 Å². The lowest BCUT2D eigenvalue weighted by Crippen LogP contribution is -2.39. The monoisotopic (exact) mass is 397 g/mol. The predicted molar refractivity (Wildman–Crippen MR) is 94.3 cm³/mol. The van der Waals surface area contributed by atoms with E-state index in [0.717, 1.165) is 42.6 Å². The predicted octanol–water partition coefficient (Wildman–Crippen LogP) is 3.60. The topological polar surface area (TPSA) is 84.2 Å². The van der Waals surface area contributed by atoms with Gasteiger partial charge in [0.05, 0.1) is 15.1 Å². The van der Waals surface area contributed by atoms with E-state index in [2.05, 4.69) is 36.1 Å². The summed E-state index contributed by atoms with van der Waals surface area (Å²) in [5, 5.41) is 17.3. The molecule has 2 aromatic heterocycles. The van der Waals surface area contributed by atoms with Gasteiger partial charge in [-0.2, -0.15) is 0 Å². The molecule has 0 aliphatic carbocycles. The van der Waals surface area contributed by atoms with E-state index in [9.17, 15) is 10.1 Å². The van der Waals surface area contributed by atoms with Gasteiger partial charge in [-0.1, -0.05) is 0 Å². The van der Waals surface area contributed by atoms with Gasteiger partial charge in [-0.25, -0.2) is 9.97 Å². The SMILES string of the molecule is Cc1csc(NC2CCN(c3ncc([N+](=O)[O-])cc3Br)CC2)n1. The Kier molecular flexibility index (Phi) is 4.76. The summed E-state index contributed by atoms with van der Waals surface area (Å²) in [7, 11) is 0. The van der Waals surface area contributed by atoms with Gasteiger partial charge in [0.1, 0.15) is 12.0 Å². The molecule has 1 N–H and O–H groups in total. The van der Waals surface area contributed by atoms with Crippen LogP contribution in [0.25, 0.3) is 0 Å². The molecular formula is C14H16BrN5O2S. The van der Waals surface area contributed by atoms with Crippen molar-refractivity contribution in [2.24, 2.45) is 0 Å². The molecule has 3 heterocycles. The molecule has 1 aliphatic heterocycles. The highest BCUT2D eigenvalue weighted by molar-refractivity contribution is 9.10. The molecule has 1 saturated heterocycles. The second-order valence-corrected chi connectivity index (χ2v) is 7.17. The van der Waals surface area contributed by atoms with Crippen molar-refractivity contribution in [3.05, 3.63) is 37.9 Å². The average Bonchev–Trinajstić information content (AvgIpc) is 2.93. The Labute approximate surface area is 146 Å². The molecule has 7 nitrogen and oxygen atoms in total. The van der Waals surface area contributed by atoms with Crippen molar-refractivity contribution in [3.8, 4) is 0 Å². The zero-order valence-electron chi connectivity index (χ0n) is 12.5. The maximum atomic E-state index is 10.8. The molecule has 0 unspecified atom stereocenters. The molecule has 0 atom stereocenters. The van der Waals surface area contributed by atoms with Crippen molar-refractivity contribution in [1.82, 2.24) is 9.97 Å². The summed E-state index contributed by atoms with van der Waals surface area (Å²) >= 11 is 5.02. The molecule has 122 valence electrons. The van der Waals surface area contributed by atoms with Crippen LogP contribution in [0.4, 0.5) is 16.6 Å². The second-order valence-electron chi connectivity index (χ2n) is 5.46. The number of rotatable bonds is 4. The molecule has 0 aromatic carbocycles. The fourth-order valence-corrected chi connectivity index (χ4v) is 3.94. The quantitative estimate of drug-likeness (QED) is 0.626. The Hall–Kier alpha value is -1.74. The van der Waals surface area contributed by atoms with Crippen LogP contribution >= 0.6 is 27.3 Å². The zero-order chi connectivity index (χ0) is 16.4. The van der Waals surface area contributed by atoms with Crippen molar-refractivity contribution in [3.63, 3.8) is 0 Å².